The number of nitrogens with one attached hydrogen (secondary N) is 1. The number of benzene rings is 1. The Labute approximate surface area is 124 Å². The van der Waals surface area contributed by atoms with E-state index < -0.39 is 12.8 Å². The molecule has 0 saturated carbocycles. The summed E-state index contributed by atoms with van der Waals surface area (Å²) >= 11 is 0. The van der Waals surface area contributed by atoms with Gasteiger partial charge in [0.05, 0.1) is 6.61 Å². The molecule has 21 heavy (non-hydrogen) atoms. The van der Waals surface area contributed by atoms with Gasteiger partial charge in [-0.2, -0.15) is 13.2 Å². The molecule has 1 rings (SSSR count). The Bertz CT molecular complexity index is 401. The van der Waals surface area contributed by atoms with Crippen molar-refractivity contribution < 1.29 is 17.9 Å². The molecule has 0 aromatic heterocycles. The van der Waals surface area contributed by atoms with E-state index in [0.29, 0.717) is 12.5 Å². The Morgan fingerprint density at radius 2 is 1.71 bits per heavy atom. The average molecular weight is 303 g/mol. The van der Waals surface area contributed by atoms with Crippen LogP contribution in [0.2, 0.25) is 0 Å². The van der Waals surface area contributed by atoms with Crippen LogP contribution in [0.3, 0.4) is 0 Å². The fraction of sp³-hybridized carbons (Fsp3) is 0.625. The molecule has 1 aromatic rings. The van der Waals surface area contributed by atoms with E-state index in [1.54, 1.807) is 0 Å². The van der Waals surface area contributed by atoms with Crippen LogP contribution in [0, 0.1) is 5.92 Å². The summed E-state index contributed by atoms with van der Waals surface area (Å²) in [5.41, 5.74) is 2.42. The van der Waals surface area contributed by atoms with E-state index in [9.17, 15) is 13.2 Å². The molecule has 0 radical (unpaired) electrons. The molecule has 0 amide bonds. The maximum Gasteiger partial charge on any atom is 0.411 e. The van der Waals surface area contributed by atoms with Crippen LogP contribution in [0.15, 0.2) is 24.3 Å². The Kier molecular flexibility index (Phi) is 7.18. The van der Waals surface area contributed by atoms with Gasteiger partial charge in [0.25, 0.3) is 0 Å². The van der Waals surface area contributed by atoms with Crippen molar-refractivity contribution >= 4 is 0 Å². The standard InChI is InChI=1S/C16H24F3NO/c1-12(2)10-14-4-6-15(7-5-14)13(3)20-8-9-21-11-16(17,18)19/h4-7,12-13,20H,8-11H2,1-3H3. The van der Waals surface area contributed by atoms with Crippen molar-refractivity contribution in [3.63, 3.8) is 0 Å². The number of hydrogen-bond acceptors (Lipinski definition) is 2. The molecule has 1 N–H and O–H groups in total. The monoisotopic (exact) mass is 303 g/mol. The van der Waals surface area contributed by atoms with Gasteiger partial charge in [0.2, 0.25) is 0 Å². The minimum absolute atomic E-state index is 0.0509. The third kappa shape index (κ3) is 8.07. The van der Waals surface area contributed by atoms with Crippen LogP contribution in [-0.2, 0) is 11.2 Å². The Morgan fingerprint density at radius 3 is 2.24 bits per heavy atom. The van der Waals surface area contributed by atoms with E-state index in [0.717, 1.165) is 12.0 Å². The van der Waals surface area contributed by atoms with Crippen molar-refractivity contribution in [2.75, 3.05) is 19.8 Å². The largest absolute Gasteiger partial charge is 0.411 e. The number of halogens is 3. The minimum Gasteiger partial charge on any atom is -0.371 e. The first-order valence-electron chi connectivity index (χ1n) is 7.24. The second kappa shape index (κ2) is 8.39. The summed E-state index contributed by atoms with van der Waals surface area (Å²) in [5, 5.41) is 3.15. The lowest BCUT2D eigenvalue weighted by molar-refractivity contribution is -0.173. The molecule has 1 unspecified atom stereocenters. The molecular formula is C16H24F3NO. The molecule has 0 aliphatic rings. The molecule has 0 fully saturated rings. The first-order chi connectivity index (χ1) is 9.78. The summed E-state index contributed by atoms with van der Waals surface area (Å²) < 4.78 is 40.2. The highest BCUT2D eigenvalue weighted by Crippen LogP contribution is 2.16. The molecular weight excluding hydrogens is 279 g/mol. The Hall–Kier alpha value is -1.07. The maximum absolute atomic E-state index is 11.9. The van der Waals surface area contributed by atoms with Crippen molar-refractivity contribution in [1.82, 2.24) is 5.32 Å². The zero-order valence-electron chi connectivity index (χ0n) is 12.8. The third-order valence-electron chi connectivity index (χ3n) is 3.09. The topological polar surface area (TPSA) is 21.3 Å². The van der Waals surface area contributed by atoms with Crippen LogP contribution in [0.1, 0.15) is 37.9 Å². The first-order valence-corrected chi connectivity index (χ1v) is 7.24. The van der Waals surface area contributed by atoms with Gasteiger partial charge in [-0.25, -0.2) is 0 Å². The molecule has 0 spiro atoms. The summed E-state index contributed by atoms with van der Waals surface area (Å²) in [6.45, 7) is 5.60. The van der Waals surface area contributed by atoms with Crippen molar-refractivity contribution in [1.29, 1.82) is 0 Å². The summed E-state index contributed by atoms with van der Waals surface area (Å²) in [6.07, 6.45) is -3.20. The highest BCUT2D eigenvalue weighted by Gasteiger charge is 2.27. The second-order valence-corrected chi connectivity index (χ2v) is 5.68. The zero-order chi connectivity index (χ0) is 15.9. The highest BCUT2D eigenvalue weighted by atomic mass is 19.4. The fourth-order valence-corrected chi connectivity index (χ4v) is 2.07. The molecule has 120 valence electrons. The van der Waals surface area contributed by atoms with Crippen molar-refractivity contribution in [3.8, 4) is 0 Å². The molecule has 1 atom stereocenters. The number of ether oxygens (including phenoxy) is 1. The summed E-state index contributed by atoms with van der Waals surface area (Å²) in [5.74, 6) is 0.622. The van der Waals surface area contributed by atoms with Gasteiger partial charge in [-0.05, 0) is 30.4 Å². The van der Waals surface area contributed by atoms with E-state index in [1.165, 1.54) is 5.56 Å². The summed E-state index contributed by atoms with van der Waals surface area (Å²) in [6, 6.07) is 8.42. The lowest BCUT2D eigenvalue weighted by Crippen LogP contribution is -2.26. The van der Waals surface area contributed by atoms with Crippen LogP contribution in [0.4, 0.5) is 13.2 Å². The van der Waals surface area contributed by atoms with Gasteiger partial charge in [0.15, 0.2) is 0 Å². The minimum atomic E-state index is -4.25. The van der Waals surface area contributed by atoms with Crippen LogP contribution in [0.25, 0.3) is 0 Å². The van der Waals surface area contributed by atoms with E-state index in [4.69, 9.17) is 0 Å². The normalized spacial score (nSPS) is 13.7. The van der Waals surface area contributed by atoms with Crippen molar-refractivity contribution in [2.24, 2.45) is 5.92 Å². The number of alkyl halides is 3. The molecule has 2 nitrogen and oxygen atoms in total. The van der Waals surface area contributed by atoms with Crippen LogP contribution in [0.5, 0.6) is 0 Å². The van der Waals surface area contributed by atoms with Crippen molar-refractivity contribution in [3.05, 3.63) is 35.4 Å². The summed E-state index contributed by atoms with van der Waals surface area (Å²) in [4.78, 5) is 0. The highest BCUT2D eigenvalue weighted by molar-refractivity contribution is 5.25. The quantitative estimate of drug-likeness (QED) is 0.730. The van der Waals surface area contributed by atoms with E-state index >= 15 is 0 Å². The van der Waals surface area contributed by atoms with Crippen LogP contribution < -0.4 is 5.32 Å². The molecule has 0 aliphatic heterocycles. The van der Waals surface area contributed by atoms with Crippen LogP contribution >= 0.6 is 0 Å². The average Bonchev–Trinajstić information content (AvgIpc) is 2.37. The van der Waals surface area contributed by atoms with Gasteiger partial charge in [0, 0.05) is 12.6 Å². The fourth-order valence-electron chi connectivity index (χ4n) is 2.07. The zero-order valence-corrected chi connectivity index (χ0v) is 12.8. The molecule has 0 bridgehead atoms. The predicted octanol–water partition coefficient (Wildman–Crippen LogP) is 4.11. The second-order valence-electron chi connectivity index (χ2n) is 5.68. The lowest BCUT2D eigenvalue weighted by Gasteiger charge is -2.15. The van der Waals surface area contributed by atoms with Gasteiger partial charge < -0.3 is 10.1 Å². The Balaban J connectivity index is 2.30. The van der Waals surface area contributed by atoms with E-state index in [-0.39, 0.29) is 12.6 Å². The van der Waals surface area contributed by atoms with Gasteiger partial charge in [-0.1, -0.05) is 38.1 Å². The number of hydrogen-bond donors (Lipinski definition) is 1. The van der Waals surface area contributed by atoms with Crippen LogP contribution in [-0.4, -0.2) is 25.9 Å². The lowest BCUT2D eigenvalue weighted by atomic mass is 10.00. The predicted molar refractivity (Wildman–Crippen MR) is 78.3 cm³/mol. The molecule has 5 heteroatoms. The van der Waals surface area contributed by atoms with Gasteiger partial charge >= 0.3 is 6.18 Å². The van der Waals surface area contributed by atoms with Gasteiger partial charge in [-0.3, -0.25) is 0 Å². The smallest absolute Gasteiger partial charge is 0.371 e. The van der Waals surface area contributed by atoms with Gasteiger partial charge in [0.1, 0.15) is 6.61 Å². The van der Waals surface area contributed by atoms with Crippen molar-refractivity contribution in [2.45, 2.75) is 39.4 Å². The SMILES string of the molecule is CC(C)Cc1ccc(C(C)NCCOCC(F)(F)F)cc1. The Morgan fingerprint density at radius 1 is 1.10 bits per heavy atom. The first kappa shape index (κ1) is 18.0. The number of rotatable bonds is 8. The third-order valence-corrected chi connectivity index (χ3v) is 3.09. The van der Waals surface area contributed by atoms with E-state index in [2.05, 4.69) is 48.2 Å². The maximum atomic E-state index is 11.9. The molecule has 1 aromatic carbocycles. The molecule has 0 heterocycles. The molecule has 0 aliphatic carbocycles. The van der Waals surface area contributed by atoms with E-state index in [1.807, 2.05) is 6.92 Å². The summed E-state index contributed by atoms with van der Waals surface area (Å²) in [7, 11) is 0. The van der Waals surface area contributed by atoms with Gasteiger partial charge in [-0.15, -0.1) is 0 Å². The molecule has 0 saturated heterocycles.